The van der Waals surface area contributed by atoms with Crippen molar-refractivity contribution in [2.45, 2.75) is 18.7 Å². The first kappa shape index (κ1) is 16.0. The molecule has 0 spiro atoms. The molecule has 0 saturated heterocycles. The zero-order chi connectivity index (χ0) is 17.3. The first-order valence-electron chi connectivity index (χ1n) is 7.11. The number of hydrogen-bond acceptors (Lipinski definition) is 3. The van der Waals surface area contributed by atoms with Gasteiger partial charge in [0.15, 0.2) is 5.78 Å². The third-order valence-electron chi connectivity index (χ3n) is 3.60. The summed E-state index contributed by atoms with van der Waals surface area (Å²) in [6, 6.07) is 12.6. The number of rotatable bonds is 2. The van der Waals surface area contributed by atoms with E-state index in [-0.39, 0.29) is 17.9 Å². The molecule has 3 rings (SSSR count). The van der Waals surface area contributed by atoms with E-state index < -0.39 is 18.2 Å². The van der Waals surface area contributed by atoms with Crippen LogP contribution in [0.25, 0.3) is 0 Å². The number of hydrogen-bond donors (Lipinski definition) is 1. The molecule has 1 atom stereocenters. The molecule has 0 aromatic heterocycles. The van der Waals surface area contributed by atoms with Crippen LogP contribution in [0.4, 0.5) is 18.9 Å². The number of para-hydroxylation sites is 1. The molecule has 0 radical (unpaired) electrons. The van der Waals surface area contributed by atoms with Crippen molar-refractivity contribution in [2.75, 3.05) is 5.32 Å². The third-order valence-corrected chi connectivity index (χ3v) is 3.60. The summed E-state index contributed by atoms with van der Waals surface area (Å²) in [4.78, 5) is 23.2. The number of halogens is 3. The summed E-state index contributed by atoms with van der Waals surface area (Å²) < 4.78 is 42.7. The van der Waals surface area contributed by atoms with Crippen molar-refractivity contribution in [1.29, 1.82) is 0 Å². The molecule has 24 heavy (non-hydrogen) atoms. The highest BCUT2D eigenvalue weighted by molar-refractivity contribution is 6.00. The number of fused-ring (bicyclic) bond motifs is 1. The summed E-state index contributed by atoms with van der Waals surface area (Å²) in [7, 11) is 0. The monoisotopic (exact) mass is 335 g/mol. The zero-order valence-corrected chi connectivity index (χ0v) is 12.3. The number of carbonyl (C=O) groups excluding carboxylic acids is 2. The molecule has 2 aromatic carbocycles. The van der Waals surface area contributed by atoms with Gasteiger partial charge in [0.1, 0.15) is 11.9 Å². The van der Waals surface area contributed by atoms with Gasteiger partial charge in [-0.05, 0) is 29.8 Å². The van der Waals surface area contributed by atoms with E-state index >= 15 is 0 Å². The second-order valence-corrected chi connectivity index (χ2v) is 5.31. The number of benzene rings is 2. The van der Waals surface area contributed by atoms with Gasteiger partial charge in [0, 0.05) is 5.69 Å². The average Bonchev–Trinajstić information content (AvgIpc) is 2.54. The predicted molar refractivity (Wildman–Crippen MR) is 79.9 cm³/mol. The van der Waals surface area contributed by atoms with E-state index in [4.69, 9.17) is 4.74 Å². The second kappa shape index (κ2) is 5.99. The molecule has 1 heterocycles. The maximum absolute atomic E-state index is 12.3. The van der Waals surface area contributed by atoms with E-state index in [0.29, 0.717) is 16.9 Å². The molecule has 0 fully saturated rings. The molecule has 1 aliphatic rings. The van der Waals surface area contributed by atoms with Crippen LogP contribution in [0.2, 0.25) is 0 Å². The summed E-state index contributed by atoms with van der Waals surface area (Å²) in [6.07, 6.45) is -5.50. The minimum Gasteiger partial charge on any atom is -0.484 e. The highest BCUT2D eigenvalue weighted by Crippen LogP contribution is 2.35. The fourth-order valence-corrected chi connectivity index (χ4v) is 2.48. The molecule has 1 N–H and O–H groups in total. The summed E-state index contributed by atoms with van der Waals surface area (Å²) in [5, 5.41) is 1.79. The number of anilines is 1. The fraction of sp³-hybridized carbons (Fsp3) is 0.176. The topological polar surface area (TPSA) is 55.4 Å². The molecule has 2 aromatic rings. The molecule has 0 saturated carbocycles. The SMILES string of the molecule is O=C1C[C@H](c2cccc(NC(=O)C(F)(F)F)c2)Oc2ccccc21. The molecule has 124 valence electrons. The van der Waals surface area contributed by atoms with Gasteiger partial charge in [0.2, 0.25) is 0 Å². The van der Waals surface area contributed by atoms with Crippen molar-refractivity contribution in [1.82, 2.24) is 0 Å². The Bertz CT molecular complexity index is 802. The number of ether oxygens (including phenoxy) is 1. The standard InChI is InChI=1S/C17H12F3NO3/c18-17(19,20)16(23)21-11-5-3-4-10(8-11)15-9-13(22)12-6-1-2-7-14(12)24-15/h1-8,15H,9H2,(H,21,23)/t15-/m1/s1. The van der Waals surface area contributed by atoms with Crippen molar-refractivity contribution >= 4 is 17.4 Å². The second-order valence-electron chi connectivity index (χ2n) is 5.31. The normalized spacial score (nSPS) is 17.0. The van der Waals surface area contributed by atoms with Crippen LogP contribution >= 0.6 is 0 Å². The predicted octanol–water partition coefficient (Wildman–Crippen LogP) is 3.89. The Hall–Kier alpha value is -2.83. The highest BCUT2D eigenvalue weighted by atomic mass is 19.4. The number of carbonyl (C=O) groups is 2. The maximum atomic E-state index is 12.3. The molecule has 7 heteroatoms. The molecular weight excluding hydrogens is 323 g/mol. The van der Waals surface area contributed by atoms with Crippen LogP contribution in [0.5, 0.6) is 5.75 Å². The van der Waals surface area contributed by atoms with E-state index in [9.17, 15) is 22.8 Å². The van der Waals surface area contributed by atoms with Gasteiger partial charge in [-0.15, -0.1) is 0 Å². The Morgan fingerprint density at radius 2 is 1.88 bits per heavy atom. The Kier molecular flexibility index (Phi) is 4.01. The van der Waals surface area contributed by atoms with Crippen LogP contribution in [-0.4, -0.2) is 17.9 Å². The van der Waals surface area contributed by atoms with Gasteiger partial charge in [0.25, 0.3) is 0 Å². The molecule has 1 aliphatic heterocycles. The van der Waals surface area contributed by atoms with E-state index in [2.05, 4.69) is 0 Å². The van der Waals surface area contributed by atoms with Gasteiger partial charge >= 0.3 is 12.1 Å². The van der Waals surface area contributed by atoms with Crippen LogP contribution < -0.4 is 10.1 Å². The summed E-state index contributed by atoms with van der Waals surface area (Å²) in [5.74, 6) is -1.72. The summed E-state index contributed by atoms with van der Waals surface area (Å²) >= 11 is 0. The van der Waals surface area contributed by atoms with E-state index in [1.807, 2.05) is 0 Å². The quantitative estimate of drug-likeness (QED) is 0.906. The summed E-state index contributed by atoms with van der Waals surface area (Å²) in [6.45, 7) is 0. The van der Waals surface area contributed by atoms with Crippen molar-refractivity contribution in [2.24, 2.45) is 0 Å². The minimum atomic E-state index is -4.97. The minimum absolute atomic E-state index is 0.00951. The average molecular weight is 335 g/mol. The maximum Gasteiger partial charge on any atom is 0.471 e. The Morgan fingerprint density at radius 1 is 1.12 bits per heavy atom. The Labute approximate surface area is 135 Å². The zero-order valence-electron chi connectivity index (χ0n) is 12.3. The van der Waals surface area contributed by atoms with Gasteiger partial charge in [-0.25, -0.2) is 0 Å². The first-order valence-corrected chi connectivity index (χ1v) is 7.11. The number of nitrogens with one attached hydrogen (secondary N) is 1. The Morgan fingerprint density at radius 3 is 2.62 bits per heavy atom. The van der Waals surface area contributed by atoms with Crippen LogP contribution in [-0.2, 0) is 4.79 Å². The van der Waals surface area contributed by atoms with E-state index in [0.717, 1.165) is 0 Å². The van der Waals surface area contributed by atoms with Crippen molar-refractivity contribution < 1.29 is 27.5 Å². The molecular formula is C17H12F3NO3. The molecule has 1 amide bonds. The molecule has 0 bridgehead atoms. The lowest BCUT2D eigenvalue weighted by atomic mass is 9.96. The van der Waals surface area contributed by atoms with Crippen LogP contribution in [0, 0.1) is 0 Å². The van der Waals surface area contributed by atoms with Crippen LogP contribution in [0.15, 0.2) is 48.5 Å². The third kappa shape index (κ3) is 3.24. The lowest BCUT2D eigenvalue weighted by Gasteiger charge is -2.25. The number of Topliss-reactive ketones (excluding diaryl/α,β-unsaturated/α-hetero) is 1. The van der Waals surface area contributed by atoms with Gasteiger partial charge in [0.05, 0.1) is 12.0 Å². The smallest absolute Gasteiger partial charge is 0.471 e. The fourth-order valence-electron chi connectivity index (χ4n) is 2.48. The molecule has 0 unspecified atom stereocenters. The van der Waals surface area contributed by atoms with Gasteiger partial charge in [-0.2, -0.15) is 13.2 Å². The highest BCUT2D eigenvalue weighted by Gasteiger charge is 2.38. The van der Waals surface area contributed by atoms with Gasteiger partial charge in [-0.3, -0.25) is 9.59 Å². The van der Waals surface area contributed by atoms with Crippen LogP contribution in [0.1, 0.15) is 28.4 Å². The van der Waals surface area contributed by atoms with E-state index in [1.165, 1.54) is 18.2 Å². The lowest BCUT2D eigenvalue weighted by Crippen LogP contribution is -2.30. The lowest BCUT2D eigenvalue weighted by molar-refractivity contribution is -0.167. The largest absolute Gasteiger partial charge is 0.484 e. The van der Waals surface area contributed by atoms with Gasteiger partial charge < -0.3 is 10.1 Å². The first-order chi connectivity index (χ1) is 11.3. The van der Waals surface area contributed by atoms with E-state index in [1.54, 1.807) is 35.6 Å². The van der Waals surface area contributed by atoms with Crippen LogP contribution in [0.3, 0.4) is 0 Å². The number of ketones is 1. The Balaban J connectivity index is 1.83. The summed E-state index contributed by atoms with van der Waals surface area (Å²) in [5.41, 5.74) is 0.984. The number of alkyl halides is 3. The van der Waals surface area contributed by atoms with Crippen molar-refractivity contribution in [3.05, 3.63) is 59.7 Å². The van der Waals surface area contributed by atoms with Crippen molar-refractivity contribution in [3.63, 3.8) is 0 Å². The van der Waals surface area contributed by atoms with Crippen molar-refractivity contribution in [3.8, 4) is 5.75 Å². The number of amides is 1. The molecule has 0 aliphatic carbocycles. The molecule has 4 nitrogen and oxygen atoms in total. The van der Waals surface area contributed by atoms with Gasteiger partial charge in [-0.1, -0.05) is 24.3 Å².